The Hall–Kier alpha value is -0.470. The van der Waals surface area contributed by atoms with Crippen LogP contribution in [0.5, 0.6) is 0 Å². The average molecular weight is 221 g/mol. The fraction of sp³-hybridized carbons (Fsp3) is 0.538. The van der Waals surface area contributed by atoms with Gasteiger partial charge in [-0.15, -0.1) is 0 Å². The first-order chi connectivity index (χ1) is 7.25. The van der Waals surface area contributed by atoms with Crippen LogP contribution in [0.2, 0.25) is 0 Å². The van der Waals surface area contributed by atoms with E-state index in [2.05, 4.69) is 25.1 Å². The molecule has 1 unspecified atom stereocenters. The largest absolute Gasteiger partial charge is 0.327 e. The zero-order valence-corrected chi connectivity index (χ0v) is 10.1. The lowest BCUT2D eigenvalue weighted by atomic mass is 10.1. The Bertz CT molecular complexity index is 333. The Balaban J connectivity index is 1.92. The minimum absolute atomic E-state index is 0.310. The van der Waals surface area contributed by atoms with Crippen LogP contribution in [0.4, 0.5) is 0 Å². The predicted molar refractivity (Wildman–Crippen MR) is 68.3 cm³/mol. The van der Waals surface area contributed by atoms with Gasteiger partial charge >= 0.3 is 0 Å². The Morgan fingerprint density at radius 1 is 1.33 bits per heavy atom. The van der Waals surface area contributed by atoms with Gasteiger partial charge in [0.15, 0.2) is 0 Å². The number of aryl methyl sites for hydroxylation is 2. The normalized spacial score (nSPS) is 16.4. The Morgan fingerprint density at radius 2 is 2.13 bits per heavy atom. The van der Waals surface area contributed by atoms with Crippen molar-refractivity contribution in [3.63, 3.8) is 0 Å². The predicted octanol–water partition coefficient (Wildman–Crippen LogP) is 2.76. The maximum absolute atomic E-state index is 5.73. The van der Waals surface area contributed by atoms with Gasteiger partial charge in [0.2, 0.25) is 0 Å². The highest BCUT2D eigenvalue weighted by Gasteiger charge is 2.10. The van der Waals surface area contributed by atoms with E-state index in [0.717, 1.165) is 11.5 Å². The van der Waals surface area contributed by atoms with E-state index in [9.17, 15) is 0 Å². The molecule has 1 aliphatic carbocycles. The van der Waals surface area contributed by atoms with Crippen LogP contribution in [0, 0.1) is 0 Å². The van der Waals surface area contributed by atoms with Crippen LogP contribution in [-0.2, 0) is 18.6 Å². The number of benzene rings is 1. The third-order valence-electron chi connectivity index (χ3n) is 2.81. The maximum Gasteiger partial charge on any atom is 0.0185 e. The Morgan fingerprint density at radius 3 is 2.93 bits per heavy atom. The number of rotatable bonds is 4. The van der Waals surface area contributed by atoms with Crippen LogP contribution in [0.3, 0.4) is 0 Å². The Kier molecular flexibility index (Phi) is 3.71. The van der Waals surface area contributed by atoms with Gasteiger partial charge in [-0.3, -0.25) is 0 Å². The first-order valence-corrected chi connectivity index (χ1v) is 6.85. The molecule has 1 atom stereocenters. The summed E-state index contributed by atoms with van der Waals surface area (Å²) in [5.74, 6) is 2.16. The molecule has 0 bridgehead atoms. The summed E-state index contributed by atoms with van der Waals surface area (Å²) in [7, 11) is 0. The molecule has 2 rings (SSSR count). The van der Waals surface area contributed by atoms with Crippen LogP contribution < -0.4 is 5.73 Å². The molecule has 0 fully saturated rings. The van der Waals surface area contributed by atoms with Crippen LogP contribution in [0.1, 0.15) is 30.0 Å². The molecular weight excluding hydrogens is 202 g/mol. The molecule has 1 aromatic rings. The van der Waals surface area contributed by atoms with Gasteiger partial charge in [-0.2, -0.15) is 11.8 Å². The van der Waals surface area contributed by atoms with E-state index >= 15 is 0 Å². The van der Waals surface area contributed by atoms with E-state index in [4.69, 9.17) is 5.73 Å². The van der Waals surface area contributed by atoms with Crippen LogP contribution in [0.25, 0.3) is 0 Å². The van der Waals surface area contributed by atoms with Gasteiger partial charge in [0, 0.05) is 17.5 Å². The molecule has 2 N–H and O–H groups in total. The summed E-state index contributed by atoms with van der Waals surface area (Å²) in [4.78, 5) is 0. The monoisotopic (exact) mass is 221 g/mol. The first-order valence-electron chi connectivity index (χ1n) is 5.69. The summed E-state index contributed by atoms with van der Waals surface area (Å²) in [6.07, 6.45) is 3.90. The van der Waals surface area contributed by atoms with Gasteiger partial charge in [-0.1, -0.05) is 18.2 Å². The van der Waals surface area contributed by atoms with Crippen molar-refractivity contribution in [2.75, 3.05) is 5.75 Å². The highest BCUT2D eigenvalue weighted by atomic mass is 32.2. The number of fused-ring (bicyclic) bond motifs is 1. The maximum atomic E-state index is 5.73. The lowest BCUT2D eigenvalue weighted by Crippen LogP contribution is -2.17. The second kappa shape index (κ2) is 5.04. The standard InChI is InChI=1S/C13H19NS/c1-10(14)8-15-9-11-5-6-12-3-2-4-13(12)7-11/h5-7,10H,2-4,8-9,14H2,1H3. The molecular formula is C13H19NS. The van der Waals surface area contributed by atoms with Crippen LogP contribution in [-0.4, -0.2) is 11.8 Å². The molecule has 0 aromatic heterocycles. The fourth-order valence-electron chi connectivity index (χ4n) is 2.08. The van der Waals surface area contributed by atoms with E-state index in [1.54, 1.807) is 11.1 Å². The van der Waals surface area contributed by atoms with Crippen molar-refractivity contribution in [2.45, 2.75) is 38.0 Å². The van der Waals surface area contributed by atoms with E-state index in [1.165, 1.54) is 24.8 Å². The molecule has 0 spiro atoms. The van der Waals surface area contributed by atoms with Gasteiger partial charge in [0.1, 0.15) is 0 Å². The van der Waals surface area contributed by atoms with Crippen molar-refractivity contribution >= 4 is 11.8 Å². The summed E-state index contributed by atoms with van der Waals surface area (Å²) < 4.78 is 0. The molecule has 0 amide bonds. The lowest BCUT2D eigenvalue weighted by molar-refractivity contribution is 0.847. The molecule has 0 saturated carbocycles. The van der Waals surface area contributed by atoms with Gasteiger partial charge < -0.3 is 5.73 Å². The van der Waals surface area contributed by atoms with E-state index in [0.29, 0.717) is 6.04 Å². The molecule has 0 radical (unpaired) electrons. The quantitative estimate of drug-likeness (QED) is 0.846. The van der Waals surface area contributed by atoms with Gasteiger partial charge in [0.05, 0.1) is 0 Å². The van der Waals surface area contributed by atoms with Crippen molar-refractivity contribution in [3.8, 4) is 0 Å². The number of nitrogens with two attached hydrogens (primary N) is 1. The number of hydrogen-bond donors (Lipinski definition) is 1. The van der Waals surface area contributed by atoms with E-state index in [1.807, 2.05) is 11.8 Å². The minimum Gasteiger partial charge on any atom is -0.327 e. The summed E-state index contributed by atoms with van der Waals surface area (Å²) in [5.41, 5.74) is 10.3. The fourth-order valence-corrected chi connectivity index (χ4v) is 2.98. The molecule has 82 valence electrons. The highest BCUT2D eigenvalue weighted by molar-refractivity contribution is 7.98. The summed E-state index contributed by atoms with van der Waals surface area (Å²) >= 11 is 1.93. The third kappa shape index (κ3) is 2.99. The van der Waals surface area contributed by atoms with Crippen LogP contribution >= 0.6 is 11.8 Å². The van der Waals surface area contributed by atoms with Crippen molar-refractivity contribution in [1.29, 1.82) is 0 Å². The van der Waals surface area contributed by atoms with Crippen molar-refractivity contribution in [1.82, 2.24) is 0 Å². The summed E-state index contributed by atoms with van der Waals surface area (Å²) in [6.45, 7) is 2.07. The molecule has 1 nitrogen and oxygen atoms in total. The molecule has 0 saturated heterocycles. The molecule has 1 aliphatic rings. The molecule has 2 heteroatoms. The van der Waals surface area contributed by atoms with Gasteiger partial charge in [-0.25, -0.2) is 0 Å². The van der Waals surface area contributed by atoms with E-state index in [-0.39, 0.29) is 0 Å². The molecule has 0 aliphatic heterocycles. The van der Waals surface area contributed by atoms with Crippen molar-refractivity contribution in [3.05, 3.63) is 34.9 Å². The third-order valence-corrected chi connectivity index (χ3v) is 4.11. The smallest absolute Gasteiger partial charge is 0.0185 e. The van der Waals surface area contributed by atoms with Gasteiger partial charge in [0.25, 0.3) is 0 Å². The van der Waals surface area contributed by atoms with Crippen molar-refractivity contribution in [2.24, 2.45) is 5.73 Å². The number of hydrogen-bond acceptors (Lipinski definition) is 2. The zero-order valence-electron chi connectivity index (χ0n) is 9.33. The topological polar surface area (TPSA) is 26.0 Å². The molecule has 0 heterocycles. The molecule has 1 aromatic carbocycles. The minimum atomic E-state index is 0.310. The second-order valence-electron chi connectivity index (χ2n) is 4.45. The summed E-state index contributed by atoms with van der Waals surface area (Å²) in [6, 6.07) is 7.28. The zero-order chi connectivity index (χ0) is 10.7. The van der Waals surface area contributed by atoms with E-state index < -0.39 is 0 Å². The lowest BCUT2D eigenvalue weighted by Gasteiger charge is -2.06. The van der Waals surface area contributed by atoms with Crippen LogP contribution in [0.15, 0.2) is 18.2 Å². The highest BCUT2D eigenvalue weighted by Crippen LogP contribution is 2.24. The molecule has 15 heavy (non-hydrogen) atoms. The second-order valence-corrected chi connectivity index (χ2v) is 5.48. The SMILES string of the molecule is CC(N)CSCc1ccc2c(c1)CCC2. The van der Waals surface area contributed by atoms with Gasteiger partial charge in [-0.05, 0) is 42.9 Å². The summed E-state index contributed by atoms with van der Waals surface area (Å²) in [5, 5.41) is 0. The average Bonchev–Trinajstić information content (AvgIpc) is 2.64. The van der Waals surface area contributed by atoms with Crippen molar-refractivity contribution < 1.29 is 0 Å². The Labute approximate surface area is 96.4 Å². The first kappa shape index (κ1) is 11.0. The number of thioether (sulfide) groups is 1.